The number of ether oxygens (including phenoxy) is 2. The minimum absolute atomic E-state index is 0.0386. The average Bonchev–Trinajstić information content (AvgIpc) is 2.65. The van der Waals surface area contributed by atoms with Gasteiger partial charge in [0, 0.05) is 11.8 Å². The highest BCUT2D eigenvalue weighted by molar-refractivity contribution is 7.89. The minimum Gasteiger partial charge on any atom is -0.497 e. The van der Waals surface area contributed by atoms with Crippen molar-refractivity contribution in [2.45, 2.75) is 11.8 Å². The van der Waals surface area contributed by atoms with E-state index in [2.05, 4.69) is 10.0 Å². The summed E-state index contributed by atoms with van der Waals surface area (Å²) in [4.78, 5) is 23.5. The number of methoxy groups -OCH3 is 1. The number of carbonyl (C=O) groups is 2. The summed E-state index contributed by atoms with van der Waals surface area (Å²) in [5.41, 5.74) is 1.39. The summed E-state index contributed by atoms with van der Waals surface area (Å²) in [6, 6.07) is 12.8. The Labute approximate surface area is 157 Å². The molecular weight excluding hydrogens is 372 g/mol. The number of esters is 1. The van der Waals surface area contributed by atoms with E-state index in [1.807, 2.05) is 6.92 Å². The lowest BCUT2D eigenvalue weighted by Crippen LogP contribution is -2.32. The van der Waals surface area contributed by atoms with Gasteiger partial charge in [0.2, 0.25) is 10.0 Å². The lowest BCUT2D eigenvalue weighted by atomic mass is 10.2. The van der Waals surface area contributed by atoms with E-state index >= 15 is 0 Å². The van der Waals surface area contributed by atoms with Gasteiger partial charge in [-0.05, 0) is 31.2 Å². The predicted octanol–water partition coefficient (Wildman–Crippen LogP) is 1.46. The number of carbonyl (C=O) groups excluding carboxylic acids is 2. The molecule has 0 spiro atoms. The zero-order chi connectivity index (χ0) is 19.9. The van der Waals surface area contributed by atoms with Crippen LogP contribution in [0.3, 0.4) is 0 Å². The van der Waals surface area contributed by atoms with Crippen molar-refractivity contribution in [3.05, 3.63) is 54.1 Å². The van der Waals surface area contributed by atoms with Gasteiger partial charge in [0.1, 0.15) is 12.3 Å². The molecule has 144 valence electrons. The van der Waals surface area contributed by atoms with Gasteiger partial charge in [-0.3, -0.25) is 9.59 Å². The normalized spacial score (nSPS) is 10.9. The van der Waals surface area contributed by atoms with Crippen LogP contribution in [-0.2, 0) is 24.3 Å². The van der Waals surface area contributed by atoms with Crippen molar-refractivity contribution in [2.24, 2.45) is 0 Å². The topological polar surface area (TPSA) is 111 Å². The molecule has 0 aliphatic carbocycles. The summed E-state index contributed by atoms with van der Waals surface area (Å²) in [6.45, 7) is 0.711. The van der Waals surface area contributed by atoms with E-state index in [9.17, 15) is 18.0 Å². The number of amides is 1. The summed E-state index contributed by atoms with van der Waals surface area (Å²) in [5, 5.41) is 2.54. The number of rotatable bonds is 8. The highest BCUT2D eigenvalue weighted by Crippen LogP contribution is 2.16. The van der Waals surface area contributed by atoms with Crippen LogP contribution in [0.4, 0.5) is 5.69 Å². The number of sulfonamides is 1. The molecule has 0 atom stereocenters. The van der Waals surface area contributed by atoms with Crippen LogP contribution in [0.15, 0.2) is 53.4 Å². The van der Waals surface area contributed by atoms with Crippen LogP contribution in [-0.4, -0.2) is 40.6 Å². The molecule has 2 aromatic carbocycles. The van der Waals surface area contributed by atoms with E-state index < -0.39 is 35.1 Å². The van der Waals surface area contributed by atoms with Crippen molar-refractivity contribution in [2.75, 3.05) is 25.6 Å². The molecule has 0 aliphatic rings. The van der Waals surface area contributed by atoms with Gasteiger partial charge < -0.3 is 14.8 Å². The summed E-state index contributed by atoms with van der Waals surface area (Å²) >= 11 is 0. The molecule has 8 nitrogen and oxygen atoms in total. The van der Waals surface area contributed by atoms with Gasteiger partial charge in [-0.15, -0.1) is 0 Å². The van der Waals surface area contributed by atoms with Crippen molar-refractivity contribution < 1.29 is 27.5 Å². The molecule has 2 N–H and O–H groups in total. The largest absolute Gasteiger partial charge is 0.497 e. The molecule has 0 heterocycles. The van der Waals surface area contributed by atoms with Gasteiger partial charge in [0.25, 0.3) is 5.91 Å². The van der Waals surface area contributed by atoms with E-state index in [1.165, 1.54) is 19.2 Å². The van der Waals surface area contributed by atoms with Gasteiger partial charge >= 0.3 is 5.97 Å². The predicted molar refractivity (Wildman–Crippen MR) is 99.0 cm³/mol. The fourth-order valence-electron chi connectivity index (χ4n) is 2.05. The van der Waals surface area contributed by atoms with Crippen LogP contribution < -0.4 is 14.8 Å². The van der Waals surface area contributed by atoms with Crippen molar-refractivity contribution >= 4 is 27.6 Å². The fourth-order valence-corrected chi connectivity index (χ4v) is 3.02. The first kappa shape index (κ1) is 20.4. The van der Waals surface area contributed by atoms with Crippen LogP contribution in [0.25, 0.3) is 0 Å². The number of hydrogen-bond donors (Lipinski definition) is 2. The molecule has 0 fully saturated rings. The molecule has 27 heavy (non-hydrogen) atoms. The van der Waals surface area contributed by atoms with Crippen LogP contribution in [0.2, 0.25) is 0 Å². The first-order valence-electron chi connectivity index (χ1n) is 7.96. The van der Waals surface area contributed by atoms with Crippen LogP contribution >= 0.6 is 0 Å². The Balaban J connectivity index is 1.80. The Hall–Kier alpha value is -2.91. The maximum atomic E-state index is 12.1. The van der Waals surface area contributed by atoms with E-state index in [0.29, 0.717) is 11.4 Å². The minimum atomic E-state index is -3.83. The molecular formula is C18H20N2O6S. The zero-order valence-corrected chi connectivity index (χ0v) is 15.7. The van der Waals surface area contributed by atoms with Gasteiger partial charge in [0.05, 0.1) is 12.0 Å². The Kier molecular flexibility index (Phi) is 6.91. The molecule has 2 aromatic rings. The lowest BCUT2D eigenvalue weighted by Gasteiger charge is -2.09. The van der Waals surface area contributed by atoms with E-state index in [-0.39, 0.29) is 4.90 Å². The molecule has 0 aliphatic heterocycles. The Bertz CT molecular complexity index is 910. The summed E-state index contributed by atoms with van der Waals surface area (Å²) in [7, 11) is -2.33. The molecule has 2 rings (SSSR count). The van der Waals surface area contributed by atoms with Crippen molar-refractivity contribution in [1.82, 2.24) is 4.72 Å². The average molecular weight is 392 g/mol. The van der Waals surface area contributed by atoms with Crippen molar-refractivity contribution in [1.29, 1.82) is 0 Å². The summed E-state index contributed by atoms with van der Waals surface area (Å²) < 4.78 is 36.1. The quantitative estimate of drug-likeness (QED) is 0.658. The molecule has 0 unspecified atom stereocenters. The smallest absolute Gasteiger partial charge is 0.321 e. The molecule has 9 heteroatoms. The third-order valence-electron chi connectivity index (χ3n) is 3.46. The van der Waals surface area contributed by atoms with Gasteiger partial charge in [-0.25, -0.2) is 8.42 Å². The second-order valence-electron chi connectivity index (χ2n) is 5.58. The first-order valence-corrected chi connectivity index (χ1v) is 9.44. The maximum Gasteiger partial charge on any atom is 0.321 e. The highest BCUT2D eigenvalue weighted by atomic mass is 32.2. The van der Waals surface area contributed by atoms with Crippen LogP contribution in [0.5, 0.6) is 5.75 Å². The van der Waals surface area contributed by atoms with E-state index in [0.717, 1.165) is 5.56 Å². The molecule has 0 saturated heterocycles. The Morgan fingerprint density at radius 3 is 2.44 bits per heavy atom. The lowest BCUT2D eigenvalue weighted by molar-refractivity contribution is -0.146. The SMILES string of the molecule is COc1cccc(NC(=O)COC(=O)CNS(=O)(=O)c2ccc(C)cc2)c1. The van der Waals surface area contributed by atoms with Crippen LogP contribution in [0, 0.1) is 6.92 Å². The monoisotopic (exact) mass is 392 g/mol. The van der Waals surface area contributed by atoms with Crippen LogP contribution in [0.1, 0.15) is 5.56 Å². The Morgan fingerprint density at radius 1 is 1.07 bits per heavy atom. The molecule has 0 radical (unpaired) electrons. The molecule has 0 saturated carbocycles. The molecule has 0 aromatic heterocycles. The Morgan fingerprint density at radius 2 is 1.78 bits per heavy atom. The zero-order valence-electron chi connectivity index (χ0n) is 14.9. The number of hydrogen-bond acceptors (Lipinski definition) is 6. The molecule has 1 amide bonds. The van der Waals surface area contributed by atoms with E-state index in [4.69, 9.17) is 9.47 Å². The van der Waals surface area contributed by atoms with Crippen molar-refractivity contribution in [3.63, 3.8) is 0 Å². The molecule has 0 bridgehead atoms. The third-order valence-corrected chi connectivity index (χ3v) is 4.87. The third kappa shape index (κ3) is 6.39. The maximum absolute atomic E-state index is 12.1. The second kappa shape index (κ2) is 9.15. The fraction of sp³-hybridized carbons (Fsp3) is 0.222. The number of nitrogens with one attached hydrogen (secondary N) is 2. The number of aryl methyl sites for hydroxylation is 1. The summed E-state index contributed by atoms with van der Waals surface area (Å²) in [5.74, 6) is -0.861. The van der Waals surface area contributed by atoms with Gasteiger partial charge in [0.15, 0.2) is 6.61 Å². The highest BCUT2D eigenvalue weighted by Gasteiger charge is 2.16. The first-order chi connectivity index (χ1) is 12.8. The summed E-state index contributed by atoms with van der Waals surface area (Å²) in [6.07, 6.45) is 0. The van der Waals surface area contributed by atoms with E-state index in [1.54, 1.807) is 36.4 Å². The van der Waals surface area contributed by atoms with Gasteiger partial charge in [-0.1, -0.05) is 23.8 Å². The van der Waals surface area contributed by atoms with Gasteiger partial charge in [-0.2, -0.15) is 4.72 Å². The number of anilines is 1. The standard InChI is InChI=1S/C18H20N2O6S/c1-13-6-8-16(9-7-13)27(23,24)19-11-18(22)26-12-17(21)20-14-4-3-5-15(10-14)25-2/h3-10,19H,11-12H2,1-2H3,(H,20,21). The second-order valence-corrected chi connectivity index (χ2v) is 7.35. The van der Waals surface area contributed by atoms with Crippen molar-refractivity contribution in [3.8, 4) is 5.75 Å². The number of benzene rings is 2.